The molecule has 0 spiro atoms. The van der Waals surface area contributed by atoms with Gasteiger partial charge in [-0.3, -0.25) is 4.79 Å². The molecule has 1 aromatic rings. The van der Waals surface area contributed by atoms with Crippen LogP contribution in [0.5, 0.6) is 0 Å². The maximum atomic E-state index is 11.8. The number of ether oxygens (including phenoxy) is 1. The Labute approximate surface area is 108 Å². The Hall–Kier alpha value is -0.950. The Morgan fingerprint density at radius 1 is 1.53 bits per heavy atom. The van der Waals surface area contributed by atoms with Crippen molar-refractivity contribution >= 4 is 34.9 Å². The van der Waals surface area contributed by atoms with E-state index in [0.29, 0.717) is 13.2 Å². The Morgan fingerprint density at radius 3 is 3.00 bits per heavy atom. The lowest BCUT2D eigenvalue weighted by Gasteiger charge is -2.22. The van der Waals surface area contributed by atoms with E-state index in [1.165, 1.54) is 6.07 Å². The number of anilines is 1. The van der Waals surface area contributed by atoms with Gasteiger partial charge in [0.25, 0.3) is 5.91 Å². The van der Waals surface area contributed by atoms with E-state index in [4.69, 9.17) is 27.9 Å². The van der Waals surface area contributed by atoms with Gasteiger partial charge in [-0.2, -0.15) is 0 Å². The minimum absolute atomic E-state index is 0.0181. The minimum Gasteiger partial charge on any atom is -0.366 e. The van der Waals surface area contributed by atoms with Gasteiger partial charge in [-0.15, -0.1) is 0 Å². The van der Waals surface area contributed by atoms with E-state index >= 15 is 0 Å². The van der Waals surface area contributed by atoms with Crippen LogP contribution in [-0.2, 0) is 9.53 Å². The molecule has 1 aliphatic rings. The van der Waals surface area contributed by atoms with Crippen LogP contribution in [0.1, 0.15) is 0 Å². The van der Waals surface area contributed by atoms with Crippen molar-refractivity contribution in [1.29, 1.82) is 0 Å². The number of halogens is 2. The predicted octanol–water partition coefficient (Wildman–Crippen LogP) is 0.710. The van der Waals surface area contributed by atoms with Gasteiger partial charge in [0, 0.05) is 19.2 Å². The highest BCUT2D eigenvalue weighted by Crippen LogP contribution is 2.14. The number of carbonyl (C=O) groups is 1. The number of hydrogen-bond acceptors (Lipinski definition) is 5. The summed E-state index contributed by atoms with van der Waals surface area (Å²) in [5.74, 6) is -0.0304. The molecule has 0 bridgehead atoms. The molecule has 2 heterocycles. The van der Waals surface area contributed by atoms with Gasteiger partial charge in [0.15, 0.2) is 0 Å². The van der Waals surface area contributed by atoms with Gasteiger partial charge in [0.1, 0.15) is 17.1 Å². The number of hydrogen-bond donors (Lipinski definition) is 2. The van der Waals surface area contributed by atoms with Gasteiger partial charge >= 0.3 is 0 Å². The molecule has 1 saturated heterocycles. The van der Waals surface area contributed by atoms with Crippen molar-refractivity contribution in [3.63, 3.8) is 0 Å². The van der Waals surface area contributed by atoms with E-state index in [1.807, 2.05) is 0 Å². The van der Waals surface area contributed by atoms with E-state index in [0.717, 1.165) is 6.54 Å². The number of nitrogens with zero attached hydrogens (tertiary/aromatic N) is 2. The fourth-order valence-corrected chi connectivity index (χ4v) is 1.80. The Balaban J connectivity index is 2.01. The molecule has 2 N–H and O–H groups in total. The van der Waals surface area contributed by atoms with Crippen molar-refractivity contribution in [2.75, 3.05) is 25.0 Å². The molecule has 1 aliphatic heterocycles. The second kappa shape index (κ2) is 5.59. The molecule has 92 valence electrons. The van der Waals surface area contributed by atoms with Crippen LogP contribution in [0.2, 0.25) is 10.4 Å². The minimum atomic E-state index is -0.531. The molecule has 1 fully saturated rings. The first kappa shape index (κ1) is 12.5. The summed E-state index contributed by atoms with van der Waals surface area (Å²) in [6, 6.07) is 1.42. The number of carbonyl (C=O) groups excluding carboxylic acids is 1. The predicted molar refractivity (Wildman–Crippen MR) is 63.3 cm³/mol. The van der Waals surface area contributed by atoms with Crippen molar-refractivity contribution in [3.05, 3.63) is 16.5 Å². The fraction of sp³-hybridized carbons (Fsp3) is 0.444. The zero-order chi connectivity index (χ0) is 12.3. The molecule has 8 heteroatoms. The zero-order valence-corrected chi connectivity index (χ0v) is 10.3. The van der Waals surface area contributed by atoms with Crippen LogP contribution in [0.25, 0.3) is 0 Å². The summed E-state index contributed by atoms with van der Waals surface area (Å²) >= 11 is 11.3. The normalized spacial score (nSPS) is 20.0. The molecular formula is C9H10Cl2N4O2. The third-order valence-electron chi connectivity index (χ3n) is 2.14. The standard InChI is InChI=1S/C9H10Cl2N4O2/c10-6-3-7(15-9(11)13-6)14-8(16)5-4-12-1-2-17-5/h3,5,12H,1-2,4H2,(H,13,14,15,16). The largest absolute Gasteiger partial charge is 0.366 e. The topological polar surface area (TPSA) is 76.1 Å². The van der Waals surface area contributed by atoms with E-state index in [-0.39, 0.29) is 22.2 Å². The highest BCUT2D eigenvalue weighted by Gasteiger charge is 2.22. The molecule has 6 nitrogen and oxygen atoms in total. The number of rotatable bonds is 2. The molecule has 17 heavy (non-hydrogen) atoms. The van der Waals surface area contributed by atoms with Gasteiger partial charge in [-0.1, -0.05) is 11.6 Å². The molecular weight excluding hydrogens is 267 g/mol. The summed E-state index contributed by atoms with van der Waals surface area (Å²) in [7, 11) is 0. The van der Waals surface area contributed by atoms with E-state index in [9.17, 15) is 4.79 Å². The fourth-order valence-electron chi connectivity index (χ4n) is 1.39. The third kappa shape index (κ3) is 3.50. The Bertz CT molecular complexity index is 403. The van der Waals surface area contributed by atoms with Crippen LogP contribution < -0.4 is 10.6 Å². The number of aromatic nitrogens is 2. The molecule has 1 unspecified atom stereocenters. The summed E-state index contributed by atoms with van der Waals surface area (Å²) in [6.07, 6.45) is -0.531. The first-order chi connectivity index (χ1) is 8.15. The first-order valence-corrected chi connectivity index (χ1v) is 5.74. The molecule has 2 rings (SSSR count). The lowest BCUT2D eigenvalue weighted by Crippen LogP contribution is -2.45. The summed E-state index contributed by atoms with van der Waals surface area (Å²) in [6.45, 7) is 1.72. The van der Waals surface area contributed by atoms with Crippen molar-refractivity contribution < 1.29 is 9.53 Å². The van der Waals surface area contributed by atoms with Gasteiger partial charge in [0.2, 0.25) is 5.28 Å². The van der Waals surface area contributed by atoms with Crippen LogP contribution in [0, 0.1) is 0 Å². The summed E-state index contributed by atoms with van der Waals surface area (Å²) < 4.78 is 5.29. The highest BCUT2D eigenvalue weighted by molar-refractivity contribution is 6.32. The van der Waals surface area contributed by atoms with Gasteiger partial charge in [0.05, 0.1) is 6.61 Å². The van der Waals surface area contributed by atoms with Crippen LogP contribution in [-0.4, -0.2) is 41.7 Å². The van der Waals surface area contributed by atoms with E-state index in [1.54, 1.807) is 0 Å². The maximum Gasteiger partial charge on any atom is 0.255 e. The van der Waals surface area contributed by atoms with Gasteiger partial charge in [-0.25, -0.2) is 9.97 Å². The van der Waals surface area contributed by atoms with Crippen LogP contribution in [0.4, 0.5) is 5.82 Å². The quantitative estimate of drug-likeness (QED) is 0.615. The van der Waals surface area contributed by atoms with Crippen molar-refractivity contribution in [3.8, 4) is 0 Å². The van der Waals surface area contributed by atoms with E-state index < -0.39 is 6.10 Å². The summed E-state index contributed by atoms with van der Waals surface area (Å²) in [5, 5.41) is 5.77. The van der Waals surface area contributed by atoms with Crippen molar-refractivity contribution in [2.24, 2.45) is 0 Å². The third-order valence-corrected chi connectivity index (χ3v) is 2.50. The Kier molecular flexibility index (Phi) is 4.11. The van der Waals surface area contributed by atoms with Crippen LogP contribution in [0.15, 0.2) is 6.07 Å². The van der Waals surface area contributed by atoms with Crippen molar-refractivity contribution in [1.82, 2.24) is 15.3 Å². The zero-order valence-electron chi connectivity index (χ0n) is 8.74. The molecule has 0 aliphatic carbocycles. The second-order valence-corrected chi connectivity index (χ2v) is 4.12. The van der Waals surface area contributed by atoms with Crippen LogP contribution in [0.3, 0.4) is 0 Å². The number of amides is 1. The van der Waals surface area contributed by atoms with Crippen molar-refractivity contribution in [2.45, 2.75) is 6.10 Å². The average Bonchev–Trinajstić information content (AvgIpc) is 2.28. The maximum absolute atomic E-state index is 11.8. The molecule has 1 atom stereocenters. The smallest absolute Gasteiger partial charge is 0.255 e. The van der Waals surface area contributed by atoms with Crippen LogP contribution >= 0.6 is 23.2 Å². The lowest BCUT2D eigenvalue weighted by atomic mass is 10.3. The molecule has 1 amide bonds. The molecule has 1 aromatic heterocycles. The molecule has 0 radical (unpaired) electrons. The first-order valence-electron chi connectivity index (χ1n) is 4.98. The molecule has 0 saturated carbocycles. The second-order valence-electron chi connectivity index (χ2n) is 3.40. The highest BCUT2D eigenvalue weighted by atomic mass is 35.5. The van der Waals surface area contributed by atoms with Gasteiger partial charge in [-0.05, 0) is 11.6 Å². The van der Waals surface area contributed by atoms with Gasteiger partial charge < -0.3 is 15.4 Å². The van der Waals surface area contributed by atoms with E-state index in [2.05, 4.69) is 20.6 Å². The Morgan fingerprint density at radius 2 is 2.35 bits per heavy atom. The monoisotopic (exact) mass is 276 g/mol. The number of morpholine rings is 1. The SMILES string of the molecule is O=C(Nc1cc(Cl)nc(Cl)n1)C1CNCCO1. The average molecular weight is 277 g/mol. The summed E-state index contributed by atoms with van der Waals surface area (Å²) in [5.41, 5.74) is 0. The molecule has 0 aromatic carbocycles. The number of nitrogens with one attached hydrogen (secondary N) is 2. The summed E-state index contributed by atoms with van der Waals surface area (Å²) in [4.78, 5) is 19.3. The lowest BCUT2D eigenvalue weighted by molar-refractivity contribution is -0.128.